The number of hydrogen-bond acceptors (Lipinski definition) is 7. The minimum absolute atomic E-state index is 0.0375. The SMILES string of the molecule is CCCCCCCCCCCCCCCCCCCCCCCCCCCCCCCC(=O)OC(COC(=O)CCCCCCCCCCCCCCCCCCCCC)COP(=O)(O)OCC[N+](C)(C)C. The van der Waals surface area contributed by atoms with E-state index >= 15 is 0 Å². The van der Waals surface area contributed by atoms with Gasteiger partial charge >= 0.3 is 19.8 Å². The van der Waals surface area contributed by atoms with Crippen molar-refractivity contribution in [1.29, 1.82) is 0 Å². The first-order valence-electron chi connectivity index (χ1n) is 31.8. The van der Waals surface area contributed by atoms with E-state index in [0.717, 1.165) is 38.5 Å². The molecule has 0 fully saturated rings. The van der Waals surface area contributed by atoms with Gasteiger partial charge in [-0.15, -0.1) is 0 Å². The van der Waals surface area contributed by atoms with Crippen LogP contribution in [0.4, 0.5) is 0 Å². The predicted molar refractivity (Wildman–Crippen MR) is 308 cm³/mol. The molecular formula is C62H125NO8P+. The van der Waals surface area contributed by atoms with E-state index < -0.39 is 26.5 Å². The third kappa shape index (κ3) is 58.3. The molecular weight excluding hydrogens is 918 g/mol. The quantitative estimate of drug-likeness (QED) is 0.0278. The van der Waals surface area contributed by atoms with Crippen molar-refractivity contribution < 1.29 is 42.1 Å². The first-order valence-corrected chi connectivity index (χ1v) is 33.3. The van der Waals surface area contributed by atoms with E-state index in [9.17, 15) is 19.0 Å². The Kier molecular flexibility index (Phi) is 54.0. The molecule has 0 radical (unpaired) electrons. The first kappa shape index (κ1) is 71.0. The number of esters is 2. The van der Waals surface area contributed by atoms with Crippen molar-refractivity contribution in [3.8, 4) is 0 Å². The zero-order valence-electron chi connectivity index (χ0n) is 49.0. The summed E-state index contributed by atoms with van der Waals surface area (Å²) in [5.41, 5.74) is 0. The van der Waals surface area contributed by atoms with Gasteiger partial charge in [0.25, 0.3) is 0 Å². The van der Waals surface area contributed by atoms with Gasteiger partial charge in [-0.3, -0.25) is 18.6 Å². The summed E-state index contributed by atoms with van der Waals surface area (Å²) in [6, 6.07) is 0. The minimum atomic E-state index is -4.38. The zero-order valence-corrected chi connectivity index (χ0v) is 49.9. The molecule has 430 valence electrons. The average Bonchev–Trinajstić information content (AvgIpc) is 3.34. The van der Waals surface area contributed by atoms with Crippen molar-refractivity contribution in [2.45, 2.75) is 341 Å². The van der Waals surface area contributed by atoms with Gasteiger partial charge in [0.15, 0.2) is 6.10 Å². The summed E-state index contributed by atoms with van der Waals surface area (Å²) in [7, 11) is 1.50. The summed E-state index contributed by atoms with van der Waals surface area (Å²) in [6.45, 7) is 4.52. The number of nitrogens with zero attached hydrogens (tertiary/aromatic N) is 1. The maximum Gasteiger partial charge on any atom is 0.472 e. The largest absolute Gasteiger partial charge is 0.472 e. The van der Waals surface area contributed by atoms with Crippen molar-refractivity contribution in [3.63, 3.8) is 0 Å². The normalized spacial score (nSPS) is 13.1. The van der Waals surface area contributed by atoms with Gasteiger partial charge in [-0.25, -0.2) is 4.57 Å². The van der Waals surface area contributed by atoms with Crippen LogP contribution in [0.25, 0.3) is 0 Å². The molecule has 72 heavy (non-hydrogen) atoms. The third-order valence-electron chi connectivity index (χ3n) is 14.6. The Hall–Kier alpha value is -0.990. The van der Waals surface area contributed by atoms with Crippen LogP contribution in [0.3, 0.4) is 0 Å². The number of quaternary nitrogens is 1. The monoisotopic (exact) mass is 1040 g/mol. The van der Waals surface area contributed by atoms with Gasteiger partial charge in [-0.05, 0) is 12.8 Å². The number of ether oxygens (including phenoxy) is 2. The van der Waals surface area contributed by atoms with Gasteiger partial charge in [0, 0.05) is 12.8 Å². The number of carbonyl (C=O) groups is 2. The molecule has 0 aliphatic rings. The van der Waals surface area contributed by atoms with Gasteiger partial charge in [-0.2, -0.15) is 0 Å². The molecule has 0 heterocycles. The van der Waals surface area contributed by atoms with E-state index in [2.05, 4.69) is 13.8 Å². The molecule has 0 aromatic carbocycles. The fourth-order valence-corrected chi connectivity index (χ4v) is 10.5. The number of carbonyl (C=O) groups excluding carboxylic acids is 2. The summed E-state index contributed by atoms with van der Waals surface area (Å²) in [4.78, 5) is 35.7. The lowest BCUT2D eigenvalue weighted by Crippen LogP contribution is -2.37. The molecule has 0 rings (SSSR count). The van der Waals surface area contributed by atoms with E-state index in [1.807, 2.05) is 21.1 Å². The molecule has 0 aromatic heterocycles. The van der Waals surface area contributed by atoms with Crippen molar-refractivity contribution in [1.82, 2.24) is 0 Å². The van der Waals surface area contributed by atoms with Crippen molar-refractivity contribution in [2.24, 2.45) is 0 Å². The molecule has 2 atom stereocenters. The third-order valence-corrected chi connectivity index (χ3v) is 15.6. The Morgan fingerprint density at radius 2 is 0.625 bits per heavy atom. The Labute approximate surface area is 448 Å². The van der Waals surface area contributed by atoms with Crippen LogP contribution in [0.1, 0.15) is 335 Å². The van der Waals surface area contributed by atoms with Crippen LogP contribution in [0.15, 0.2) is 0 Å². The van der Waals surface area contributed by atoms with Crippen LogP contribution >= 0.6 is 7.82 Å². The Morgan fingerprint density at radius 3 is 0.889 bits per heavy atom. The van der Waals surface area contributed by atoms with Gasteiger partial charge < -0.3 is 18.9 Å². The molecule has 0 spiro atoms. The molecule has 1 N–H and O–H groups in total. The van der Waals surface area contributed by atoms with Gasteiger partial charge in [0.1, 0.15) is 19.8 Å². The second-order valence-corrected chi connectivity index (χ2v) is 24.6. The molecule has 0 aromatic rings. The second kappa shape index (κ2) is 54.8. The number of rotatable bonds is 60. The highest BCUT2D eigenvalue weighted by Gasteiger charge is 2.27. The van der Waals surface area contributed by atoms with Crippen molar-refractivity contribution >= 4 is 19.8 Å². The van der Waals surface area contributed by atoms with Crippen molar-refractivity contribution in [2.75, 3.05) is 47.5 Å². The van der Waals surface area contributed by atoms with Crippen LogP contribution in [-0.4, -0.2) is 74.9 Å². The van der Waals surface area contributed by atoms with E-state index in [1.54, 1.807) is 0 Å². The van der Waals surface area contributed by atoms with Gasteiger partial charge in [0.2, 0.25) is 0 Å². The molecule has 2 unspecified atom stereocenters. The van der Waals surface area contributed by atoms with E-state index in [1.165, 1.54) is 270 Å². The number of phosphoric ester groups is 1. The number of unbranched alkanes of at least 4 members (excludes halogenated alkanes) is 46. The number of likely N-dealkylation sites (N-methyl/N-ethyl adjacent to an activating group) is 1. The highest BCUT2D eigenvalue weighted by molar-refractivity contribution is 7.47. The summed E-state index contributed by atoms with van der Waals surface area (Å²) in [5.74, 6) is -0.771. The number of phosphoric acid groups is 1. The molecule has 10 heteroatoms. The topological polar surface area (TPSA) is 108 Å². The zero-order chi connectivity index (χ0) is 52.7. The molecule has 0 amide bonds. The predicted octanol–water partition coefficient (Wildman–Crippen LogP) is 19.8. The fraction of sp³-hybridized carbons (Fsp3) is 0.968. The second-order valence-electron chi connectivity index (χ2n) is 23.2. The van der Waals surface area contributed by atoms with Crippen LogP contribution in [0, 0.1) is 0 Å². The molecule has 0 aliphatic carbocycles. The van der Waals surface area contributed by atoms with Crippen LogP contribution in [0.5, 0.6) is 0 Å². The lowest BCUT2D eigenvalue weighted by molar-refractivity contribution is -0.870. The fourth-order valence-electron chi connectivity index (χ4n) is 9.73. The average molecular weight is 1040 g/mol. The van der Waals surface area contributed by atoms with Crippen LogP contribution in [-0.2, 0) is 32.7 Å². The maximum absolute atomic E-state index is 12.8. The van der Waals surface area contributed by atoms with Crippen LogP contribution in [0.2, 0.25) is 0 Å². The van der Waals surface area contributed by atoms with E-state index in [4.69, 9.17) is 18.5 Å². The lowest BCUT2D eigenvalue weighted by Gasteiger charge is -2.24. The maximum atomic E-state index is 12.8. The van der Waals surface area contributed by atoms with Crippen molar-refractivity contribution in [3.05, 3.63) is 0 Å². The Bertz CT molecular complexity index is 1180. The highest BCUT2D eigenvalue weighted by atomic mass is 31.2. The molecule has 0 aliphatic heterocycles. The molecule has 0 bridgehead atoms. The Balaban J connectivity index is 4.01. The summed E-state index contributed by atoms with van der Waals surface area (Å²) < 4.78 is 34.6. The van der Waals surface area contributed by atoms with Gasteiger partial charge in [-0.1, -0.05) is 309 Å². The Morgan fingerprint density at radius 1 is 0.375 bits per heavy atom. The van der Waals surface area contributed by atoms with E-state index in [-0.39, 0.29) is 25.6 Å². The van der Waals surface area contributed by atoms with Crippen LogP contribution < -0.4 is 0 Å². The molecule has 0 saturated carbocycles. The lowest BCUT2D eigenvalue weighted by atomic mass is 10.0. The summed E-state index contributed by atoms with van der Waals surface area (Å²) in [6.07, 6.45) is 63.3. The van der Waals surface area contributed by atoms with E-state index in [0.29, 0.717) is 17.4 Å². The first-order chi connectivity index (χ1) is 35.0. The molecule has 0 saturated heterocycles. The highest BCUT2D eigenvalue weighted by Crippen LogP contribution is 2.43. The standard InChI is InChI=1S/C62H124NO8P/c1-6-8-10-12-14-16-18-20-22-24-26-27-28-29-30-31-32-33-34-35-37-39-41-43-45-47-49-51-53-55-62(65)71-60(59-70-72(66,67)69-57-56-63(3,4)5)58-68-61(64)54-52-50-48-46-44-42-40-38-36-25-23-21-19-17-15-13-11-9-7-2/h60H,6-59H2,1-5H3/p+1. The molecule has 9 nitrogen and oxygen atoms in total. The minimum Gasteiger partial charge on any atom is -0.462 e. The smallest absolute Gasteiger partial charge is 0.462 e. The number of hydrogen-bond donors (Lipinski definition) is 1. The van der Waals surface area contributed by atoms with Gasteiger partial charge in [0.05, 0.1) is 27.7 Å². The summed E-state index contributed by atoms with van der Waals surface area (Å²) >= 11 is 0. The summed E-state index contributed by atoms with van der Waals surface area (Å²) in [5, 5.41) is 0.